The molecule has 2 aromatic carbocycles. The Bertz CT molecular complexity index is 771. The molecule has 1 aliphatic rings. The van der Waals surface area contributed by atoms with Crippen LogP contribution in [0.25, 0.3) is 0 Å². The van der Waals surface area contributed by atoms with Crippen LogP contribution < -0.4 is 10.2 Å². The summed E-state index contributed by atoms with van der Waals surface area (Å²) in [7, 11) is 3.86. The number of carbonyl (C=O) groups is 2. The summed E-state index contributed by atoms with van der Waals surface area (Å²) in [5.41, 5.74) is 3.95. The molecule has 1 aliphatic heterocycles. The summed E-state index contributed by atoms with van der Waals surface area (Å²) >= 11 is 0. The van der Waals surface area contributed by atoms with Crippen molar-refractivity contribution < 1.29 is 9.59 Å². The quantitative estimate of drug-likeness (QED) is 0.863. The molecule has 5 nitrogen and oxygen atoms in total. The molecule has 1 heterocycles. The number of benzene rings is 2. The first-order valence-corrected chi connectivity index (χ1v) is 7.99. The first kappa shape index (κ1) is 16.1. The standard InChI is InChI=1S/C19H21N3O2/c1-21(2)17-9-5-8-16(12-17)20-18(23)19(24)22-11-10-14-6-3-4-7-15(14)13-22/h3-9,12H,10-11,13H2,1-2H3,(H,20,23). The summed E-state index contributed by atoms with van der Waals surface area (Å²) < 4.78 is 0. The van der Waals surface area contributed by atoms with Gasteiger partial charge in [0.25, 0.3) is 0 Å². The van der Waals surface area contributed by atoms with Gasteiger partial charge in [-0.25, -0.2) is 0 Å². The lowest BCUT2D eigenvalue weighted by Crippen LogP contribution is -2.42. The Kier molecular flexibility index (Phi) is 4.51. The van der Waals surface area contributed by atoms with Crippen molar-refractivity contribution in [2.24, 2.45) is 0 Å². The molecule has 0 fully saturated rings. The second kappa shape index (κ2) is 6.74. The van der Waals surface area contributed by atoms with Gasteiger partial charge in [-0.05, 0) is 35.7 Å². The van der Waals surface area contributed by atoms with Crippen LogP contribution in [0.5, 0.6) is 0 Å². The Morgan fingerprint density at radius 2 is 1.79 bits per heavy atom. The van der Waals surface area contributed by atoms with Gasteiger partial charge in [0, 0.05) is 38.6 Å². The van der Waals surface area contributed by atoms with Gasteiger partial charge in [-0.2, -0.15) is 0 Å². The van der Waals surface area contributed by atoms with E-state index in [1.54, 1.807) is 11.0 Å². The molecule has 2 amide bonds. The first-order chi connectivity index (χ1) is 11.5. The highest BCUT2D eigenvalue weighted by atomic mass is 16.2. The van der Waals surface area contributed by atoms with Crippen molar-refractivity contribution >= 4 is 23.2 Å². The molecule has 0 aromatic heterocycles. The lowest BCUT2D eigenvalue weighted by Gasteiger charge is -2.28. The summed E-state index contributed by atoms with van der Waals surface area (Å²) in [5, 5.41) is 2.70. The number of amides is 2. The lowest BCUT2D eigenvalue weighted by molar-refractivity contribution is -0.143. The molecular formula is C19H21N3O2. The molecule has 124 valence electrons. The van der Waals surface area contributed by atoms with Crippen molar-refractivity contribution in [3.8, 4) is 0 Å². The maximum absolute atomic E-state index is 12.4. The third kappa shape index (κ3) is 3.40. The van der Waals surface area contributed by atoms with E-state index in [0.717, 1.165) is 17.7 Å². The molecule has 24 heavy (non-hydrogen) atoms. The monoisotopic (exact) mass is 323 g/mol. The maximum atomic E-state index is 12.4. The summed E-state index contributed by atoms with van der Waals surface area (Å²) in [6.07, 6.45) is 0.783. The van der Waals surface area contributed by atoms with E-state index in [1.807, 2.05) is 55.4 Å². The number of carbonyl (C=O) groups excluding carboxylic acids is 2. The zero-order valence-corrected chi connectivity index (χ0v) is 14.0. The van der Waals surface area contributed by atoms with Gasteiger partial charge in [0.2, 0.25) is 0 Å². The second-order valence-corrected chi connectivity index (χ2v) is 6.14. The van der Waals surface area contributed by atoms with Crippen LogP contribution in [-0.4, -0.2) is 37.4 Å². The summed E-state index contributed by atoms with van der Waals surface area (Å²) in [5.74, 6) is -1.08. The SMILES string of the molecule is CN(C)c1cccc(NC(=O)C(=O)N2CCc3ccccc3C2)c1. The number of fused-ring (bicyclic) bond motifs is 1. The topological polar surface area (TPSA) is 52.7 Å². The third-order valence-corrected chi connectivity index (χ3v) is 4.23. The molecule has 0 radical (unpaired) electrons. The van der Waals surface area contributed by atoms with Gasteiger partial charge in [0.05, 0.1) is 0 Å². The van der Waals surface area contributed by atoms with Crippen LogP contribution in [0.15, 0.2) is 48.5 Å². The Balaban J connectivity index is 1.68. The Morgan fingerprint density at radius 3 is 2.54 bits per heavy atom. The molecule has 1 N–H and O–H groups in total. The molecule has 2 aromatic rings. The summed E-state index contributed by atoms with van der Waals surface area (Å²) in [4.78, 5) is 28.3. The number of nitrogens with one attached hydrogen (secondary N) is 1. The van der Waals surface area contributed by atoms with E-state index in [9.17, 15) is 9.59 Å². The minimum absolute atomic E-state index is 0.486. The number of hydrogen-bond donors (Lipinski definition) is 1. The molecule has 0 saturated carbocycles. The molecule has 5 heteroatoms. The van der Waals surface area contributed by atoms with E-state index in [1.165, 1.54) is 5.56 Å². The van der Waals surface area contributed by atoms with Crippen LogP contribution in [0, 0.1) is 0 Å². The fourth-order valence-electron chi connectivity index (χ4n) is 2.86. The number of rotatable bonds is 2. The minimum atomic E-state index is -0.592. The van der Waals surface area contributed by atoms with Crippen molar-refractivity contribution in [3.63, 3.8) is 0 Å². The first-order valence-electron chi connectivity index (χ1n) is 7.99. The van der Waals surface area contributed by atoms with E-state index in [2.05, 4.69) is 11.4 Å². The van der Waals surface area contributed by atoms with Crippen LogP contribution in [0.1, 0.15) is 11.1 Å². The molecule has 0 unspecified atom stereocenters. The smallest absolute Gasteiger partial charge is 0.313 e. The van der Waals surface area contributed by atoms with Crippen molar-refractivity contribution in [2.45, 2.75) is 13.0 Å². The zero-order valence-electron chi connectivity index (χ0n) is 14.0. The third-order valence-electron chi connectivity index (χ3n) is 4.23. The fraction of sp³-hybridized carbons (Fsp3) is 0.263. The summed E-state index contributed by atoms with van der Waals surface area (Å²) in [6.45, 7) is 1.06. The maximum Gasteiger partial charge on any atom is 0.313 e. The van der Waals surface area contributed by atoms with Gasteiger partial charge < -0.3 is 15.1 Å². The normalized spacial score (nSPS) is 13.2. The molecule has 0 saturated heterocycles. The van der Waals surface area contributed by atoms with E-state index in [0.29, 0.717) is 18.8 Å². The minimum Gasteiger partial charge on any atom is -0.378 e. The zero-order chi connectivity index (χ0) is 17.1. The predicted molar refractivity (Wildman–Crippen MR) is 95.0 cm³/mol. The highest BCUT2D eigenvalue weighted by molar-refractivity contribution is 6.39. The average molecular weight is 323 g/mol. The number of nitrogens with zero attached hydrogens (tertiary/aromatic N) is 2. The van der Waals surface area contributed by atoms with E-state index >= 15 is 0 Å². The van der Waals surface area contributed by atoms with E-state index < -0.39 is 11.8 Å². The lowest BCUT2D eigenvalue weighted by atomic mass is 10.00. The van der Waals surface area contributed by atoms with Gasteiger partial charge >= 0.3 is 11.8 Å². The molecule has 3 rings (SSSR count). The predicted octanol–water partition coefficient (Wildman–Crippen LogP) is 2.28. The van der Waals surface area contributed by atoms with Gasteiger partial charge in [0.1, 0.15) is 0 Å². The van der Waals surface area contributed by atoms with Gasteiger partial charge in [-0.3, -0.25) is 9.59 Å². The average Bonchev–Trinajstić information content (AvgIpc) is 2.60. The molecule has 0 aliphatic carbocycles. The molecule has 0 atom stereocenters. The van der Waals surface area contributed by atoms with Gasteiger partial charge in [0.15, 0.2) is 0 Å². The highest BCUT2D eigenvalue weighted by Gasteiger charge is 2.25. The van der Waals surface area contributed by atoms with Crippen LogP contribution >= 0.6 is 0 Å². The van der Waals surface area contributed by atoms with Crippen LogP contribution in [0.4, 0.5) is 11.4 Å². The number of anilines is 2. The Morgan fingerprint density at radius 1 is 1.04 bits per heavy atom. The van der Waals surface area contributed by atoms with Crippen LogP contribution in [-0.2, 0) is 22.6 Å². The van der Waals surface area contributed by atoms with E-state index in [-0.39, 0.29) is 0 Å². The highest BCUT2D eigenvalue weighted by Crippen LogP contribution is 2.20. The second-order valence-electron chi connectivity index (χ2n) is 6.14. The largest absolute Gasteiger partial charge is 0.378 e. The van der Waals surface area contributed by atoms with Crippen LogP contribution in [0.3, 0.4) is 0 Å². The number of hydrogen-bond acceptors (Lipinski definition) is 3. The molecule has 0 spiro atoms. The molecule has 0 bridgehead atoms. The fourth-order valence-corrected chi connectivity index (χ4v) is 2.86. The van der Waals surface area contributed by atoms with Crippen molar-refractivity contribution in [1.29, 1.82) is 0 Å². The van der Waals surface area contributed by atoms with Crippen molar-refractivity contribution in [2.75, 3.05) is 30.9 Å². The summed E-state index contributed by atoms with van der Waals surface area (Å²) in [6, 6.07) is 15.5. The van der Waals surface area contributed by atoms with Crippen molar-refractivity contribution in [1.82, 2.24) is 4.90 Å². The van der Waals surface area contributed by atoms with Gasteiger partial charge in [-0.1, -0.05) is 30.3 Å². The van der Waals surface area contributed by atoms with E-state index in [4.69, 9.17) is 0 Å². The van der Waals surface area contributed by atoms with Gasteiger partial charge in [-0.15, -0.1) is 0 Å². The Hall–Kier alpha value is -2.82. The van der Waals surface area contributed by atoms with Crippen LogP contribution in [0.2, 0.25) is 0 Å². The van der Waals surface area contributed by atoms with Crippen molar-refractivity contribution in [3.05, 3.63) is 59.7 Å². The Labute approximate surface area is 141 Å². The molecular weight excluding hydrogens is 302 g/mol.